The predicted molar refractivity (Wildman–Crippen MR) is 76.4 cm³/mol. The molecule has 0 amide bonds. The zero-order valence-electron chi connectivity index (χ0n) is 11.9. The fraction of sp³-hybridized carbons (Fsp3) is 0.643. The maximum absolute atomic E-state index is 4.71. The fourth-order valence-corrected chi connectivity index (χ4v) is 2.36. The van der Waals surface area contributed by atoms with Gasteiger partial charge in [0.15, 0.2) is 5.82 Å². The Balaban J connectivity index is 2.15. The van der Waals surface area contributed by atoms with Gasteiger partial charge < -0.3 is 5.32 Å². The summed E-state index contributed by atoms with van der Waals surface area (Å²) in [5.74, 6) is 1.90. The van der Waals surface area contributed by atoms with Crippen molar-refractivity contribution in [1.82, 2.24) is 19.7 Å². The van der Waals surface area contributed by atoms with E-state index in [-0.39, 0.29) is 0 Å². The third kappa shape index (κ3) is 2.29. The lowest BCUT2D eigenvalue weighted by molar-refractivity contribution is 0.675. The van der Waals surface area contributed by atoms with E-state index < -0.39 is 0 Å². The molecule has 19 heavy (non-hydrogen) atoms. The third-order valence-corrected chi connectivity index (χ3v) is 3.49. The van der Waals surface area contributed by atoms with Gasteiger partial charge in [0, 0.05) is 19.0 Å². The van der Waals surface area contributed by atoms with Crippen molar-refractivity contribution in [2.24, 2.45) is 0 Å². The minimum absolute atomic E-state index is 0.591. The maximum Gasteiger partial charge on any atom is 0.156 e. The van der Waals surface area contributed by atoms with Crippen LogP contribution >= 0.6 is 0 Å². The van der Waals surface area contributed by atoms with Gasteiger partial charge in [-0.3, -0.25) is 4.68 Å². The summed E-state index contributed by atoms with van der Waals surface area (Å²) in [6.07, 6.45) is 4.48. The molecule has 3 rings (SSSR count). The number of aryl methyl sites for hydroxylation is 3. The van der Waals surface area contributed by atoms with Crippen LogP contribution in [0.5, 0.6) is 0 Å². The van der Waals surface area contributed by atoms with Crippen molar-refractivity contribution in [3.8, 4) is 0 Å². The Morgan fingerprint density at radius 1 is 1.26 bits per heavy atom. The van der Waals surface area contributed by atoms with E-state index in [0.29, 0.717) is 6.04 Å². The second kappa shape index (κ2) is 4.79. The highest BCUT2D eigenvalue weighted by Crippen LogP contribution is 2.29. The molecule has 0 bridgehead atoms. The molecule has 0 saturated heterocycles. The topological polar surface area (TPSA) is 55.6 Å². The van der Waals surface area contributed by atoms with Crippen LogP contribution in [-0.2, 0) is 13.0 Å². The normalized spacial score (nSPS) is 15.1. The second-order valence-electron chi connectivity index (χ2n) is 5.26. The number of nitrogens with one attached hydrogen (secondary N) is 1. The average molecular weight is 259 g/mol. The van der Waals surface area contributed by atoms with Crippen molar-refractivity contribution >= 4 is 16.9 Å². The number of anilines is 1. The Bertz CT molecular complexity index is 597. The maximum atomic E-state index is 4.71. The fourth-order valence-electron chi connectivity index (χ4n) is 2.36. The molecule has 0 atom stereocenters. The minimum Gasteiger partial charge on any atom is -0.365 e. The van der Waals surface area contributed by atoms with Crippen LogP contribution in [0.3, 0.4) is 0 Å². The first kappa shape index (κ1) is 12.4. The van der Waals surface area contributed by atoms with E-state index in [4.69, 9.17) is 4.98 Å². The first-order valence-corrected chi connectivity index (χ1v) is 7.23. The van der Waals surface area contributed by atoms with E-state index in [1.54, 1.807) is 0 Å². The highest BCUT2D eigenvalue weighted by atomic mass is 15.3. The molecule has 2 heterocycles. The van der Waals surface area contributed by atoms with Crippen molar-refractivity contribution in [1.29, 1.82) is 0 Å². The van der Waals surface area contributed by atoms with Crippen LogP contribution in [-0.4, -0.2) is 25.8 Å². The molecule has 1 aliphatic rings. The molecule has 102 valence electrons. The van der Waals surface area contributed by atoms with Crippen molar-refractivity contribution in [2.75, 3.05) is 5.32 Å². The first-order valence-electron chi connectivity index (χ1n) is 7.23. The molecule has 2 aromatic rings. The quantitative estimate of drug-likeness (QED) is 0.897. The minimum atomic E-state index is 0.591. The molecule has 5 heteroatoms. The Kier molecular flexibility index (Phi) is 3.12. The highest BCUT2D eigenvalue weighted by molar-refractivity contribution is 5.87. The second-order valence-corrected chi connectivity index (χ2v) is 5.26. The Morgan fingerprint density at radius 3 is 2.68 bits per heavy atom. The van der Waals surface area contributed by atoms with E-state index in [2.05, 4.69) is 29.2 Å². The van der Waals surface area contributed by atoms with Crippen LogP contribution in [0.2, 0.25) is 0 Å². The highest BCUT2D eigenvalue weighted by Gasteiger charge is 2.24. The van der Waals surface area contributed by atoms with Gasteiger partial charge in [0.2, 0.25) is 0 Å². The summed E-state index contributed by atoms with van der Waals surface area (Å²) in [4.78, 5) is 9.40. The van der Waals surface area contributed by atoms with Gasteiger partial charge in [0.25, 0.3) is 0 Å². The van der Waals surface area contributed by atoms with Crippen molar-refractivity contribution in [2.45, 2.75) is 59.0 Å². The molecule has 0 spiro atoms. The van der Waals surface area contributed by atoms with Crippen molar-refractivity contribution < 1.29 is 0 Å². The van der Waals surface area contributed by atoms with Crippen molar-refractivity contribution in [3.05, 3.63) is 11.5 Å². The molecular formula is C14H21N5. The zero-order chi connectivity index (χ0) is 13.4. The van der Waals surface area contributed by atoms with Gasteiger partial charge in [0.1, 0.15) is 16.9 Å². The smallest absolute Gasteiger partial charge is 0.156 e. The summed E-state index contributed by atoms with van der Waals surface area (Å²) in [5, 5.41) is 8.11. The average Bonchev–Trinajstić information content (AvgIpc) is 3.14. The number of hydrogen-bond acceptors (Lipinski definition) is 4. The molecule has 0 aliphatic heterocycles. The Labute approximate surface area is 113 Å². The molecule has 1 N–H and O–H groups in total. The van der Waals surface area contributed by atoms with Crippen LogP contribution in [0.4, 0.5) is 5.82 Å². The van der Waals surface area contributed by atoms with Crippen LogP contribution in [0.15, 0.2) is 0 Å². The molecule has 1 fully saturated rings. The number of rotatable bonds is 5. The van der Waals surface area contributed by atoms with Crippen molar-refractivity contribution in [3.63, 3.8) is 0 Å². The van der Waals surface area contributed by atoms with E-state index in [1.165, 1.54) is 12.8 Å². The lowest BCUT2D eigenvalue weighted by atomic mass is 10.3. The van der Waals surface area contributed by atoms with Gasteiger partial charge in [-0.15, -0.1) is 0 Å². The molecule has 1 aliphatic carbocycles. The van der Waals surface area contributed by atoms with Crippen LogP contribution in [0, 0.1) is 6.92 Å². The number of hydrogen-bond donors (Lipinski definition) is 1. The van der Waals surface area contributed by atoms with E-state index in [9.17, 15) is 0 Å². The summed E-state index contributed by atoms with van der Waals surface area (Å²) in [7, 11) is 0. The van der Waals surface area contributed by atoms with Gasteiger partial charge in [-0.25, -0.2) is 9.97 Å². The SMILES string of the molecule is CCCc1nc(NC2CC2)c2c(n1)c(C)nn2CC. The van der Waals surface area contributed by atoms with Gasteiger partial charge in [-0.1, -0.05) is 6.92 Å². The summed E-state index contributed by atoms with van der Waals surface area (Å²) in [6.45, 7) is 7.13. The third-order valence-electron chi connectivity index (χ3n) is 3.49. The van der Waals surface area contributed by atoms with E-state index >= 15 is 0 Å². The lowest BCUT2D eigenvalue weighted by Crippen LogP contribution is -2.09. The van der Waals surface area contributed by atoms with Gasteiger partial charge >= 0.3 is 0 Å². The van der Waals surface area contributed by atoms with E-state index in [0.717, 1.165) is 47.8 Å². The van der Waals surface area contributed by atoms with Gasteiger partial charge in [0.05, 0.1) is 5.69 Å². The van der Waals surface area contributed by atoms with Crippen LogP contribution in [0.25, 0.3) is 11.0 Å². The van der Waals surface area contributed by atoms with Gasteiger partial charge in [-0.05, 0) is 33.1 Å². The summed E-state index contributed by atoms with van der Waals surface area (Å²) in [6, 6.07) is 0.591. The molecule has 2 aromatic heterocycles. The number of aromatic nitrogens is 4. The van der Waals surface area contributed by atoms with Crippen LogP contribution in [0.1, 0.15) is 44.6 Å². The first-order chi connectivity index (χ1) is 9.22. The number of fused-ring (bicyclic) bond motifs is 1. The van der Waals surface area contributed by atoms with E-state index in [1.807, 2.05) is 11.6 Å². The largest absolute Gasteiger partial charge is 0.365 e. The molecule has 0 radical (unpaired) electrons. The summed E-state index contributed by atoms with van der Waals surface area (Å²) < 4.78 is 2.01. The molecule has 5 nitrogen and oxygen atoms in total. The number of nitrogens with zero attached hydrogens (tertiary/aromatic N) is 4. The Morgan fingerprint density at radius 2 is 2.05 bits per heavy atom. The summed E-state index contributed by atoms with van der Waals surface area (Å²) in [5.41, 5.74) is 3.06. The molecule has 0 unspecified atom stereocenters. The summed E-state index contributed by atoms with van der Waals surface area (Å²) >= 11 is 0. The predicted octanol–water partition coefficient (Wildman–Crippen LogP) is 2.68. The van der Waals surface area contributed by atoms with Crippen LogP contribution < -0.4 is 5.32 Å². The Hall–Kier alpha value is -1.65. The molecule has 0 aromatic carbocycles. The standard InChI is InChI=1S/C14H21N5/c1-4-6-11-16-12-9(3)18-19(5-2)13(12)14(17-11)15-10-7-8-10/h10H,4-8H2,1-3H3,(H,15,16,17). The monoisotopic (exact) mass is 259 g/mol. The molecular weight excluding hydrogens is 238 g/mol. The molecule has 1 saturated carbocycles. The zero-order valence-corrected chi connectivity index (χ0v) is 11.9. The van der Waals surface area contributed by atoms with Gasteiger partial charge in [-0.2, -0.15) is 5.10 Å². The lowest BCUT2D eigenvalue weighted by Gasteiger charge is -2.09.